The molecule has 1 aliphatic rings. The van der Waals surface area contributed by atoms with Crippen molar-refractivity contribution in [3.8, 4) is 10.4 Å². The molecule has 5 heteroatoms. The molecule has 2 heterocycles. The van der Waals surface area contributed by atoms with Crippen LogP contribution in [0.5, 0.6) is 0 Å². The van der Waals surface area contributed by atoms with Crippen LogP contribution in [0.3, 0.4) is 0 Å². The highest BCUT2D eigenvalue weighted by Gasteiger charge is 2.26. The Labute approximate surface area is 126 Å². The van der Waals surface area contributed by atoms with E-state index in [0.717, 1.165) is 15.3 Å². The number of benzene rings is 1. The molecule has 1 aliphatic heterocycles. The fourth-order valence-corrected chi connectivity index (χ4v) is 3.02. The topological polar surface area (TPSA) is 40.5 Å². The van der Waals surface area contributed by atoms with E-state index in [1.165, 1.54) is 18.2 Å². The standard InChI is InChI=1S/C16H14FNO2S/c17-12-3-1-11(2-4-12)15-7-5-14(21-15)6-8-16(20)18-9-13(19)10-18/h1-8,13,19H,9-10H2/b8-6+. The lowest BCUT2D eigenvalue weighted by molar-refractivity contribution is -0.135. The van der Waals surface area contributed by atoms with Crippen LogP contribution in [-0.2, 0) is 4.79 Å². The summed E-state index contributed by atoms with van der Waals surface area (Å²) in [6, 6.07) is 10.2. The van der Waals surface area contributed by atoms with Crippen molar-refractivity contribution in [2.24, 2.45) is 0 Å². The van der Waals surface area contributed by atoms with E-state index in [4.69, 9.17) is 5.11 Å². The Hall–Kier alpha value is -1.98. The van der Waals surface area contributed by atoms with Gasteiger partial charge in [-0.15, -0.1) is 11.3 Å². The molecule has 0 spiro atoms. The number of β-amino-alcohol motifs (C(OH)–C–C–N with tert-alkyl or cyclic N) is 1. The van der Waals surface area contributed by atoms with Crippen LogP contribution in [0.25, 0.3) is 16.5 Å². The van der Waals surface area contributed by atoms with Crippen LogP contribution in [0.1, 0.15) is 4.88 Å². The van der Waals surface area contributed by atoms with Gasteiger partial charge in [-0.3, -0.25) is 4.79 Å². The maximum atomic E-state index is 12.9. The van der Waals surface area contributed by atoms with Crippen LogP contribution in [0, 0.1) is 5.82 Å². The Morgan fingerprint density at radius 2 is 1.95 bits per heavy atom. The van der Waals surface area contributed by atoms with Gasteiger partial charge in [0.2, 0.25) is 5.91 Å². The van der Waals surface area contributed by atoms with Crippen molar-refractivity contribution in [2.45, 2.75) is 6.10 Å². The number of aliphatic hydroxyl groups excluding tert-OH is 1. The Balaban J connectivity index is 1.67. The average Bonchev–Trinajstić information content (AvgIpc) is 2.91. The van der Waals surface area contributed by atoms with E-state index in [1.807, 2.05) is 12.1 Å². The second-order valence-corrected chi connectivity index (χ2v) is 6.05. The number of hydrogen-bond acceptors (Lipinski definition) is 3. The van der Waals surface area contributed by atoms with Crippen LogP contribution in [0.15, 0.2) is 42.5 Å². The van der Waals surface area contributed by atoms with Gasteiger partial charge >= 0.3 is 0 Å². The number of nitrogens with zero attached hydrogens (tertiary/aromatic N) is 1. The van der Waals surface area contributed by atoms with E-state index in [1.54, 1.807) is 34.4 Å². The third-order valence-electron chi connectivity index (χ3n) is 3.32. The predicted octanol–water partition coefficient (Wildman–Crippen LogP) is 2.77. The molecule has 108 valence electrons. The molecule has 0 atom stereocenters. The SMILES string of the molecule is O=C(/C=C/c1ccc(-c2ccc(F)cc2)s1)N1CC(O)C1. The van der Waals surface area contributed by atoms with Gasteiger partial charge in [0.15, 0.2) is 0 Å². The number of carbonyl (C=O) groups excluding carboxylic acids is 1. The summed E-state index contributed by atoms with van der Waals surface area (Å²) in [4.78, 5) is 15.3. The number of halogens is 1. The van der Waals surface area contributed by atoms with E-state index in [2.05, 4.69) is 0 Å². The van der Waals surface area contributed by atoms with Crippen molar-refractivity contribution in [1.82, 2.24) is 4.90 Å². The highest BCUT2D eigenvalue weighted by atomic mass is 32.1. The minimum Gasteiger partial charge on any atom is -0.389 e. The predicted molar refractivity (Wildman–Crippen MR) is 81.3 cm³/mol. The fraction of sp³-hybridized carbons (Fsp3) is 0.188. The molecule has 0 unspecified atom stereocenters. The molecular formula is C16H14FNO2S. The molecule has 0 bridgehead atoms. The second-order valence-electron chi connectivity index (χ2n) is 4.94. The van der Waals surface area contributed by atoms with Gasteiger partial charge in [-0.1, -0.05) is 12.1 Å². The van der Waals surface area contributed by atoms with Crippen molar-refractivity contribution < 1.29 is 14.3 Å². The quantitative estimate of drug-likeness (QED) is 0.886. The van der Waals surface area contributed by atoms with Crippen molar-refractivity contribution in [2.75, 3.05) is 13.1 Å². The normalized spacial score (nSPS) is 15.4. The molecule has 2 aromatic rings. The van der Waals surface area contributed by atoms with E-state index in [9.17, 15) is 9.18 Å². The number of aliphatic hydroxyl groups is 1. The third-order valence-corrected chi connectivity index (χ3v) is 4.42. The fourth-order valence-electron chi connectivity index (χ4n) is 2.11. The first kappa shape index (κ1) is 14.0. The molecule has 21 heavy (non-hydrogen) atoms. The molecule has 1 fully saturated rings. The zero-order valence-corrected chi connectivity index (χ0v) is 12.0. The lowest BCUT2D eigenvalue weighted by Crippen LogP contribution is -2.52. The largest absolute Gasteiger partial charge is 0.389 e. The zero-order chi connectivity index (χ0) is 14.8. The van der Waals surface area contributed by atoms with E-state index >= 15 is 0 Å². The average molecular weight is 303 g/mol. The number of carbonyl (C=O) groups is 1. The summed E-state index contributed by atoms with van der Waals surface area (Å²) in [6.45, 7) is 0.822. The highest BCUT2D eigenvalue weighted by molar-refractivity contribution is 7.16. The van der Waals surface area contributed by atoms with Gasteiger partial charge < -0.3 is 10.0 Å². The lowest BCUT2D eigenvalue weighted by Gasteiger charge is -2.34. The highest BCUT2D eigenvalue weighted by Crippen LogP contribution is 2.29. The Kier molecular flexibility index (Phi) is 3.86. The molecule has 0 aliphatic carbocycles. The van der Waals surface area contributed by atoms with Gasteiger partial charge in [0.1, 0.15) is 5.82 Å². The number of amides is 1. The van der Waals surface area contributed by atoms with E-state index in [0.29, 0.717) is 13.1 Å². The molecule has 0 radical (unpaired) electrons. The molecule has 0 saturated carbocycles. The van der Waals surface area contributed by atoms with E-state index < -0.39 is 0 Å². The van der Waals surface area contributed by atoms with Gasteiger partial charge in [0.25, 0.3) is 0 Å². The summed E-state index contributed by atoms with van der Waals surface area (Å²) in [5, 5.41) is 9.16. The monoisotopic (exact) mass is 303 g/mol. The van der Waals surface area contributed by atoms with Crippen LogP contribution in [0.4, 0.5) is 4.39 Å². The maximum Gasteiger partial charge on any atom is 0.246 e. The van der Waals surface area contributed by atoms with Gasteiger partial charge in [0, 0.05) is 28.9 Å². The molecule has 3 rings (SSSR count). The first-order valence-electron chi connectivity index (χ1n) is 6.62. The summed E-state index contributed by atoms with van der Waals surface area (Å²) < 4.78 is 12.9. The molecule has 1 aromatic carbocycles. The maximum absolute atomic E-state index is 12.9. The van der Waals surface area contributed by atoms with E-state index in [-0.39, 0.29) is 17.8 Å². The van der Waals surface area contributed by atoms with Crippen LogP contribution in [-0.4, -0.2) is 35.1 Å². The van der Waals surface area contributed by atoms with Crippen molar-refractivity contribution >= 4 is 23.3 Å². The smallest absolute Gasteiger partial charge is 0.246 e. The van der Waals surface area contributed by atoms with Gasteiger partial charge in [-0.2, -0.15) is 0 Å². The molecule has 1 N–H and O–H groups in total. The third kappa shape index (κ3) is 3.20. The summed E-state index contributed by atoms with van der Waals surface area (Å²) >= 11 is 1.54. The molecule has 3 nitrogen and oxygen atoms in total. The number of likely N-dealkylation sites (tertiary alicyclic amines) is 1. The minimum absolute atomic E-state index is 0.0861. The molecule has 1 saturated heterocycles. The van der Waals surface area contributed by atoms with Crippen LogP contribution in [0.2, 0.25) is 0 Å². The molecule has 1 amide bonds. The zero-order valence-electron chi connectivity index (χ0n) is 11.2. The van der Waals surface area contributed by atoms with Crippen LogP contribution >= 0.6 is 11.3 Å². The van der Waals surface area contributed by atoms with Crippen LogP contribution < -0.4 is 0 Å². The van der Waals surface area contributed by atoms with Crippen molar-refractivity contribution in [3.05, 3.63) is 53.2 Å². The summed E-state index contributed by atoms with van der Waals surface area (Å²) in [6.07, 6.45) is 2.91. The summed E-state index contributed by atoms with van der Waals surface area (Å²) in [7, 11) is 0. The number of thiophene rings is 1. The minimum atomic E-state index is -0.380. The number of hydrogen-bond donors (Lipinski definition) is 1. The first-order valence-corrected chi connectivity index (χ1v) is 7.44. The Bertz CT molecular complexity index is 672. The lowest BCUT2D eigenvalue weighted by atomic mass is 10.1. The van der Waals surface area contributed by atoms with Crippen molar-refractivity contribution in [3.63, 3.8) is 0 Å². The first-order chi connectivity index (χ1) is 10.1. The molecule has 1 aromatic heterocycles. The second kappa shape index (κ2) is 5.79. The summed E-state index contributed by atoms with van der Waals surface area (Å²) in [5.74, 6) is -0.338. The summed E-state index contributed by atoms with van der Waals surface area (Å²) in [5.41, 5.74) is 0.957. The van der Waals surface area contributed by atoms with Gasteiger partial charge in [-0.25, -0.2) is 4.39 Å². The van der Waals surface area contributed by atoms with Crippen molar-refractivity contribution in [1.29, 1.82) is 0 Å². The molecular weight excluding hydrogens is 289 g/mol. The van der Waals surface area contributed by atoms with Gasteiger partial charge in [-0.05, 0) is 35.9 Å². The Morgan fingerprint density at radius 1 is 1.24 bits per heavy atom. The Morgan fingerprint density at radius 3 is 2.62 bits per heavy atom. The number of rotatable bonds is 3. The van der Waals surface area contributed by atoms with Gasteiger partial charge in [0.05, 0.1) is 6.10 Å².